The molecule has 54 heavy (non-hydrogen) atoms. The lowest BCUT2D eigenvalue weighted by molar-refractivity contribution is 0.359. The van der Waals surface area contributed by atoms with Gasteiger partial charge >= 0.3 is 0 Å². The van der Waals surface area contributed by atoms with Crippen molar-refractivity contribution >= 4 is 21.9 Å². The van der Waals surface area contributed by atoms with Crippen LogP contribution in [0.5, 0.6) is 23.0 Å². The van der Waals surface area contributed by atoms with Gasteiger partial charge in [0.15, 0.2) is 28.8 Å². The first kappa shape index (κ1) is 30.6. The lowest BCUT2D eigenvalue weighted by Gasteiger charge is -2.25. The van der Waals surface area contributed by atoms with Gasteiger partial charge in [-0.3, -0.25) is 0 Å². The highest BCUT2D eigenvalue weighted by Gasteiger charge is 2.37. The first-order valence-electron chi connectivity index (χ1n) is 18.2. The van der Waals surface area contributed by atoms with Crippen LogP contribution in [0.1, 0.15) is 25.0 Å². The van der Waals surface area contributed by atoms with Crippen molar-refractivity contribution < 1.29 is 13.9 Å². The van der Waals surface area contributed by atoms with E-state index in [4.69, 9.17) is 23.9 Å². The van der Waals surface area contributed by atoms with Crippen molar-refractivity contribution in [2.24, 2.45) is 0 Å². The Morgan fingerprint density at radius 2 is 1.07 bits per heavy atom. The number of nitrogens with zero attached hydrogens (tertiary/aromatic N) is 2. The number of ether oxygens (including phenoxy) is 2. The fourth-order valence-electron chi connectivity index (χ4n) is 8.19. The Bertz CT molecular complexity index is 2960. The molecular formula is C49H32N2O3. The molecule has 3 heterocycles. The van der Waals surface area contributed by atoms with Gasteiger partial charge in [0.05, 0.1) is 11.4 Å². The summed E-state index contributed by atoms with van der Waals surface area (Å²) < 4.78 is 19.4. The molecule has 2 aliphatic rings. The standard InChI is InChI=1S/C49H32N2O3/c1-49(2)38-17-8-6-13-34(38)37-26-45-46(27-39(37)49)52-43-24-23-32(25-44(43)53-45)41-28-40(50-48(51-41)31-11-4-3-5-12-31)30-21-19-29(20-22-30)33-15-10-16-36-35-14-7-9-18-42(35)54-47(33)36/h3-28H,1-2H3. The normalized spacial score (nSPS) is 13.4. The van der Waals surface area contributed by atoms with Crippen molar-refractivity contribution in [2.45, 2.75) is 19.3 Å². The molecule has 0 bridgehead atoms. The van der Waals surface area contributed by atoms with E-state index in [9.17, 15) is 0 Å². The molecule has 0 atom stereocenters. The van der Waals surface area contributed by atoms with Gasteiger partial charge in [-0.25, -0.2) is 9.97 Å². The number of hydrogen-bond donors (Lipinski definition) is 0. The summed E-state index contributed by atoms with van der Waals surface area (Å²) in [4.78, 5) is 10.2. The average Bonchev–Trinajstić information content (AvgIpc) is 3.71. The van der Waals surface area contributed by atoms with Gasteiger partial charge in [-0.2, -0.15) is 0 Å². The van der Waals surface area contributed by atoms with Gasteiger partial charge in [-0.15, -0.1) is 0 Å². The molecule has 9 aromatic rings. The van der Waals surface area contributed by atoms with Crippen LogP contribution < -0.4 is 9.47 Å². The highest BCUT2D eigenvalue weighted by Crippen LogP contribution is 2.55. The summed E-state index contributed by atoms with van der Waals surface area (Å²) in [5.41, 5.74) is 13.2. The quantitative estimate of drug-likeness (QED) is 0.183. The number of rotatable bonds is 4. The van der Waals surface area contributed by atoms with Crippen LogP contribution in [-0.2, 0) is 5.41 Å². The number of para-hydroxylation sites is 2. The second-order valence-electron chi connectivity index (χ2n) is 14.6. The van der Waals surface area contributed by atoms with E-state index in [1.807, 2.05) is 72.8 Å². The zero-order valence-electron chi connectivity index (χ0n) is 29.6. The van der Waals surface area contributed by atoms with Crippen molar-refractivity contribution in [3.63, 3.8) is 0 Å². The Hall–Kier alpha value is -6.98. The highest BCUT2D eigenvalue weighted by molar-refractivity contribution is 6.09. The van der Waals surface area contributed by atoms with E-state index in [0.717, 1.165) is 66.9 Å². The second-order valence-corrected chi connectivity index (χ2v) is 14.6. The Morgan fingerprint density at radius 3 is 1.94 bits per heavy atom. The highest BCUT2D eigenvalue weighted by atomic mass is 16.6. The molecule has 2 aromatic heterocycles. The van der Waals surface area contributed by atoms with E-state index < -0.39 is 0 Å². The molecule has 0 amide bonds. The molecule has 0 N–H and O–H groups in total. The molecular weight excluding hydrogens is 665 g/mol. The van der Waals surface area contributed by atoms with Crippen molar-refractivity contribution in [3.05, 3.63) is 169 Å². The molecule has 256 valence electrons. The van der Waals surface area contributed by atoms with E-state index in [0.29, 0.717) is 23.1 Å². The summed E-state index contributed by atoms with van der Waals surface area (Å²) in [6.07, 6.45) is 0. The molecule has 0 radical (unpaired) electrons. The van der Waals surface area contributed by atoms with Gasteiger partial charge in [-0.1, -0.05) is 129 Å². The van der Waals surface area contributed by atoms with Gasteiger partial charge in [-0.05, 0) is 70.3 Å². The third-order valence-corrected chi connectivity index (χ3v) is 11.0. The smallest absolute Gasteiger partial charge is 0.170 e. The minimum atomic E-state index is -0.126. The van der Waals surface area contributed by atoms with Crippen molar-refractivity contribution in [1.29, 1.82) is 0 Å². The number of hydrogen-bond acceptors (Lipinski definition) is 5. The first-order valence-corrected chi connectivity index (χ1v) is 18.2. The van der Waals surface area contributed by atoms with E-state index >= 15 is 0 Å². The van der Waals surface area contributed by atoms with E-state index in [1.54, 1.807) is 0 Å². The van der Waals surface area contributed by atoms with Gasteiger partial charge in [0.2, 0.25) is 0 Å². The van der Waals surface area contributed by atoms with Crippen LogP contribution >= 0.6 is 0 Å². The SMILES string of the molecule is CC1(C)c2ccccc2-c2cc3c(cc21)Oc1ccc(-c2cc(-c4ccc(-c5cccc6c5oc5ccccc56)cc4)nc(-c4ccccc4)n2)cc1O3. The molecule has 0 spiro atoms. The predicted molar refractivity (Wildman–Crippen MR) is 215 cm³/mol. The average molecular weight is 697 g/mol. The van der Waals surface area contributed by atoms with E-state index in [-0.39, 0.29) is 5.41 Å². The summed E-state index contributed by atoms with van der Waals surface area (Å²) >= 11 is 0. The Morgan fingerprint density at radius 1 is 0.426 bits per heavy atom. The maximum absolute atomic E-state index is 6.61. The molecule has 0 saturated carbocycles. The largest absolute Gasteiger partial charge is 0.455 e. The summed E-state index contributed by atoms with van der Waals surface area (Å²) in [5, 5.41) is 2.23. The predicted octanol–water partition coefficient (Wildman–Crippen LogP) is 13.2. The van der Waals surface area contributed by atoms with Crippen LogP contribution in [0.4, 0.5) is 0 Å². The number of furan rings is 1. The van der Waals surface area contributed by atoms with Crippen LogP contribution in [-0.4, -0.2) is 9.97 Å². The third-order valence-electron chi connectivity index (χ3n) is 11.0. The monoisotopic (exact) mass is 696 g/mol. The molecule has 5 nitrogen and oxygen atoms in total. The fourth-order valence-corrected chi connectivity index (χ4v) is 8.19. The van der Waals surface area contributed by atoms with Crippen molar-refractivity contribution in [3.8, 4) is 79.2 Å². The zero-order chi connectivity index (χ0) is 36.0. The van der Waals surface area contributed by atoms with Crippen LogP contribution in [0.25, 0.3) is 78.1 Å². The maximum Gasteiger partial charge on any atom is 0.170 e. The lowest BCUT2D eigenvalue weighted by atomic mass is 9.82. The van der Waals surface area contributed by atoms with Crippen molar-refractivity contribution in [1.82, 2.24) is 9.97 Å². The molecule has 0 saturated heterocycles. The minimum Gasteiger partial charge on any atom is -0.455 e. The Balaban J connectivity index is 0.972. The molecule has 7 aromatic carbocycles. The van der Waals surface area contributed by atoms with Gasteiger partial charge in [0, 0.05) is 38.4 Å². The topological polar surface area (TPSA) is 57.4 Å². The summed E-state index contributed by atoms with van der Waals surface area (Å²) in [6.45, 7) is 4.54. The van der Waals surface area contributed by atoms with Crippen LogP contribution in [0.15, 0.2) is 162 Å². The molecule has 11 rings (SSSR count). The van der Waals surface area contributed by atoms with E-state index in [1.165, 1.54) is 22.3 Å². The second kappa shape index (κ2) is 11.5. The molecule has 5 heteroatoms. The fraction of sp³-hybridized carbons (Fsp3) is 0.0612. The Labute approximate surface area is 312 Å². The number of aromatic nitrogens is 2. The lowest BCUT2D eigenvalue weighted by Crippen LogP contribution is -2.15. The van der Waals surface area contributed by atoms with E-state index in [2.05, 4.69) is 98.8 Å². The third kappa shape index (κ3) is 4.72. The molecule has 1 aliphatic heterocycles. The summed E-state index contributed by atoms with van der Waals surface area (Å²) in [5.74, 6) is 3.41. The first-order chi connectivity index (χ1) is 26.5. The van der Waals surface area contributed by atoms with Crippen LogP contribution in [0.2, 0.25) is 0 Å². The van der Waals surface area contributed by atoms with Crippen LogP contribution in [0, 0.1) is 0 Å². The summed E-state index contributed by atoms with van der Waals surface area (Å²) in [7, 11) is 0. The molecule has 0 unspecified atom stereocenters. The number of fused-ring (bicyclic) bond motifs is 8. The molecule has 0 fully saturated rings. The maximum atomic E-state index is 6.61. The van der Waals surface area contributed by atoms with Gasteiger partial charge in [0.25, 0.3) is 0 Å². The summed E-state index contributed by atoms with van der Waals surface area (Å²) in [6, 6.07) is 54.1. The van der Waals surface area contributed by atoms with Gasteiger partial charge < -0.3 is 13.9 Å². The zero-order valence-corrected chi connectivity index (χ0v) is 29.6. The molecule has 1 aliphatic carbocycles. The van der Waals surface area contributed by atoms with Crippen LogP contribution in [0.3, 0.4) is 0 Å². The minimum absolute atomic E-state index is 0.126. The van der Waals surface area contributed by atoms with Crippen molar-refractivity contribution in [2.75, 3.05) is 0 Å². The van der Waals surface area contributed by atoms with Gasteiger partial charge in [0.1, 0.15) is 11.2 Å². The number of benzene rings is 7. The Kier molecular flexibility index (Phi) is 6.53.